The highest BCUT2D eigenvalue weighted by molar-refractivity contribution is 6.29. The summed E-state index contributed by atoms with van der Waals surface area (Å²) in [6.45, 7) is 0. The van der Waals surface area contributed by atoms with Crippen molar-refractivity contribution < 1.29 is 4.74 Å². The lowest BCUT2D eigenvalue weighted by atomic mass is 10.5. The molecule has 0 aliphatic rings. The number of aromatic nitrogens is 5. The van der Waals surface area contributed by atoms with Crippen LogP contribution in [0.1, 0.15) is 0 Å². The number of nitrogens with zero attached hydrogens (tertiary/aromatic N) is 5. The van der Waals surface area contributed by atoms with Crippen LogP contribution in [0, 0.1) is 0 Å². The molecule has 14 heavy (non-hydrogen) atoms. The maximum atomic E-state index is 5.65. The number of ether oxygens (including phenoxy) is 1. The first-order valence-corrected chi connectivity index (χ1v) is 4.13. The SMILES string of the molecule is COc1cc(Cl)nnc1-n1nccn1. The van der Waals surface area contributed by atoms with E-state index in [2.05, 4.69) is 20.4 Å². The molecule has 0 aromatic carbocycles. The molecule has 0 N–H and O–H groups in total. The molecule has 0 unspecified atom stereocenters. The average Bonchev–Trinajstić information content (AvgIpc) is 2.70. The Bertz CT molecular complexity index is 430. The van der Waals surface area contributed by atoms with Crippen LogP contribution in [-0.4, -0.2) is 32.3 Å². The quantitative estimate of drug-likeness (QED) is 0.732. The summed E-state index contributed by atoms with van der Waals surface area (Å²) in [6, 6.07) is 1.55. The van der Waals surface area contributed by atoms with Crippen molar-refractivity contribution in [1.29, 1.82) is 0 Å². The Kier molecular flexibility index (Phi) is 2.28. The van der Waals surface area contributed by atoms with E-state index in [0.717, 1.165) is 0 Å². The van der Waals surface area contributed by atoms with Crippen LogP contribution >= 0.6 is 11.6 Å². The molecule has 0 amide bonds. The van der Waals surface area contributed by atoms with E-state index in [0.29, 0.717) is 11.6 Å². The zero-order valence-corrected chi connectivity index (χ0v) is 8.01. The third-order valence-corrected chi connectivity index (χ3v) is 1.72. The Labute approximate surface area is 84.5 Å². The van der Waals surface area contributed by atoms with Crippen molar-refractivity contribution in [2.24, 2.45) is 0 Å². The second kappa shape index (κ2) is 3.59. The molecule has 2 aromatic heterocycles. The molecular weight excluding hydrogens is 206 g/mol. The maximum absolute atomic E-state index is 5.65. The van der Waals surface area contributed by atoms with Crippen LogP contribution < -0.4 is 4.74 Å². The molecular formula is C7H6ClN5O. The van der Waals surface area contributed by atoms with Gasteiger partial charge in [0.1, 0.15) is 0 Å². The highest BCUT2D eigenvalue weighted by Crippen LogP contribution is 2.20. The second-order valence-electron chi connectivity index (χ2n) is 2.38. The predicted molar refractivity (Wildman–Crippen MR) is 48.5 cm³/mol. The van der Waals surface area contributed by atoms with Crippen LogP contribution in [0.15, 0.2) is 18.5 Å². The number of hydrogen-bond acceptors (Lipinski definition) is 5. The zero-order chi connectivity index (χ0) is 9.97. The Morgan fingerprint density at radius 2 is 2.00 bits per heavy atom. The summed E-state index contributed by atoms with van der Waals surface area (Å²) >= 11 is 5.65. The molecule has 2 rings (SSSR count). The van der Waals surface area contributed by atoms with Crippen LogP contribution in [0.2, 0.25) is 5.15 Å². The second-order valence-corrected chi connectivity index (χ2v) is 2.76. The molecule has 0 saturated carbocycles. The lowest BCUT2D eigenvalue weighted by Crippen LogP contribution is -2.05. The number of hydrogen-bond donors (Lipinski definition) is 0. The van der Waals surface area contributed by atoms with Gasteiger partial charge in [0, 0.05) is 6.07 Å². The van der Waals surface area contributed by atoms with Crippen molar-refractivity contribution in [3.63, 3.8) is 0 Å². The summed E-state index contributed by atoms with van der Waals surface area (Å²) in [5, 5.41) is 15.6. The van der Waals surface area contributed by atoms with Gasteiger partial charge in [-0.3, -0.25) is 0 Å². The van der Waals surface area contributed by atoms with Crippen LogP contribution in [0.4, 0.5) is 0 Å². The van der Waals surface area contributed by atoms with E-state index in [1.807, 2.05) is 0 Å². The fourth-order valence-corrected chi connectivity index (χ4v) is 1.10. The fourth-order valence-electron chi connectivity index (χ4n) is 0.960. The molecule has 7 heteroatoms. The highest BCUT2D eigenvalue weighted by atomic mass is 35.5. The summed E-state index contributed by atoms with van der Waals surface area (Å²) in [6.07, 6.45) is 3.07. The largest absolute Gasteiger partial charge is 0.493 e. The summed E-state index contributed by atoms with van der Waals surface area (Å²) in [4.78, 5) is 1.31. The van der Waals surface area contributed by atoms with E-state index in [4.69, 9.17) is 16.3 Å². The van der Waals surface area contributed by atoms with E-state index in [9.17, 15) is 0 Å². The molecule has 2 aromatic rings. The molecule has 0 bridgehead atoms. The van der Waals surface area contributed by atoms with E-state index in [-0.39, 0.29) is 5.15 Å². The van der Waals surface area contributed by atoms with Crippen molar-refractivity contribution in [2.45, 2.75) is 0 Å². The smallest absolute Gasteiger partial charge is 0.238 e. The van der Waals surface area contributed by atoms with Gasteiger partial charge >= 0.3 is 0 Å². The van der Waals surface area contributed by atoms with Gasteiger partial charge in [0.25, 0.3) is 0 Å². The Morgan fingerprint density at radius 1 is 1.29 bits per heavy atom. The van der Waals surface area contributed by atoms with Gasteiger partial charge in [0.05, 0.1) is 19.5 Å². The normalized spacial score (nSPS) is 10.1. The van der Waals surface area contributed by atoms with Gasteiger partial charge in [-0.05, 0) is 0 Å². The maximum Gasteiger partial charge on any atom is 0.238 e. The summed E-state index contributed by atoms with van der Waals surface area (Å²) in [7, 11) is 1.51. The molecule has 0 atom stereocenters. The third-order valence-electron chi connectivity index (χ3n) is 1.54. The summed E-state index contributed by atoms with van der Waals surface area (Å²) < 4.78 is 5.06. The van der Waals surface area contributed by atoms with Gasteiger partial charge in [0.2, 0.25) is 5.82 Å². The zero-order valence-electron chi connectivity index (χ0n) is 7.25. The molecule has 72 valence electrons. The van der Waals surface area contributed by atoms with Crippen molar-refractivity contribution in [3.8, 4) is 11.6 Å². The van der Waals surface area contributed by atoms with Gasteiger partial charge in [-0.25, -0.2) is 0 Å². The van der Waals surface area contributed by atoms with Gasteiger partial charge in [0.15, 0.2) is 10.9 Å². The number of methoxy groups -OCH3 is 1. The lowest BCUT2D eigenvalue weighted by molar-refractivity contribution is 0.405. The third kappa shape index (κ3) is 1.51. The number of rotatable bonds is 2. The predicted octanol–water partition coefficient (Wildman–Crippen LogP) is 0.719. The molecule has 0 radical (unpaired) electrons. The first-order valence-electron chi connectivity index (χ1n) is 3.75. The van der Waals surface area contributed by atoms with Gasteiger partial charge in [-0.15, -0.1) is 15.0 Å². The minimum Gasteiger partial charge on any atom is -0.493 e. The Morgan fingerprint density at radius 3 is 2.64 bits per heavy atom. The molecule has 0 aliphatic heterocycles. The Balaban J connectivity index is 2.53. The van der Waals surface area contributed by atoms with Crippen molar-refractivity contribution in [2.75, 3.05) is 7.11 Å². The van der Waals surface area contributed by atoms with Crippen LogP contribution in [0.25, 0.3) is 5.82 Å². The monoisotopic (exact) mass is 211 g/mol. The topological polar surface area (TPSA) is 65.7 Å². The molecule has 0 fully saturated rings. The van der Waals surface area contributed by atoms with Gasteiger partial charge < -0.3 is 4.74 Å². The summed E-state index contributed by atoms with van der Waals surface area (Å²) in [5.41, 5.74) is 0. The lowest BCUT2D eigenvalue weighted by Gasteiger charge is -2.04. The van der Waals surface area contributed by atoms with Crippen LogP contribution in [-0.2, 0) is 0 Å². The minimum atomic E-state index is 0.262. The molecule has 6 nitrogen and oxygen atoms in total. The first kappa shape index (κ1) is 8.89. The van der Waals surface area contributed by atoms with Crippen LogP contribution in [0.3, 0.4) is 0 Å². The van der Waals surface area contributed by atoms with Crippen molar-refractivity contribution in [1.82, 2.24) is 25.2 Å². The molecule has 2 heterocycles. The average molecular weight is 212 g/mol. The fraction of sp³-hybridized carbons (Fsp3) is 0.143. The highest BCUT2D eigenvalue weighted by Gasteiger charge is 2.09. The van der Waals surface area contributed by atoms with Gasteiger partial charge in [-0.2, -0.15) is 10.2 Å². The van der Waals surface area contributed by atoms with E-state index >= 15 is 0 Å². The standard InChI is InChI=1S/C7H6ClN5O/c1-14-5-4-6(8)11-12-7(5)13-9-2-3-10-13/h2-4H,1H3. The Hall–Kier alpha value is -1.69. The molecule has 0 aliphatic carbocycles. The van der Waals surface area contributed by atoms with E-state index < -0.39 is 0 Å². The van der Waals surface area contributed by atoms with E-state index in [1.165, 1.54) is 24.3 Å². The molecule has 0 saturated heterocycles. The first-order chi connectivity index (χ1) is 6.81. The van der Waals surface area contributed by atoms with E-state index in [1.54, 1.807) is 6.07 Å². The molecule has 0 spiro atoms. The van der Waals surface area contributed by atoms with Crippen LogP contribution in [0.5, 0.6) is 5.75 Å². The van der Waals surface area contributed by atoms with Crippen molar-refractivity contribution >= 4 is 11.6 Å². The summed E-state index contributed by atoms with van der Waals surface area (Å²) in [5.74, 6) is 0.878. The van der Waals surface area contributed by atoms with Crippen molar-refractivity contribution in [3.05, 3.63) is 23.6 Å². The minimum absolute atomic E-state index is 0.262. The number of halogens is 1. The van der Waals surface area contributed by atoms with Gasteiger partial charge in [-0.1, -0.05) is 11.6 Å².